The maximum absolute atomic E-state index is 12.3. The van der Waals surface area contributed by atoms with Crippen LogP contribution in [-0.4, -0.2) is 55.3 Å². The molecule has 1 aromatic heterocycles. The Hall–Kier alpha value is -2.65. The van der Waals surface area contributed by atoms with E-state index in [-0.39, 0.29) is 18.3 Å². The molecule has 3 rings (SSSR count). The van der Waals surface area contributed by atoms with E-state index in [1.54, 1.807) is 18.4 Å². The van der Waals surface area contributed by atoms with Crippen molar-refractivity contribution in [3.05, 3.63) is 54.0 Å². The zero-order valence-electron chi connectivity index (χ0n) is 17.6. The third-order valence-corrected chi connectivity index (χ3v) is 5.17. The van der Waals surface area contributed by atoms with Gasteiger partial charge in [-0.1, -0.05) is 12.1 Å². The van der Waals surface area contributed by atoms with E-state index >= 15 is 0 Å². The second-order valence-corrected chi connectivity index (χ2v) is 7.34. The maximum atomic E-state index is 12.3. The summed E-state index contributed by atoms with van der Waals surface area (Å²) in [7, 11) is 0. The van der Waals surface area contributed by atoms with E-state index in [2.05, 4.69) is 20.3 Å². The minimum atomic E-state index is -2.87. The average molecular weight is 437 g/mol. The summed E-state index contributed by atoms with van der Waals surface area (Å²) in [5, 5.41) is 16.8. The van der Waals surface area contributed by atoms with Gasteiger partial charge in [0.2, 0.25) is 0 Å². The number of likely N-dealkylation sites (tertiary alicyclic amines) is 1. The number of alkyl halides is 2. The van der Waals surface area contributed by atoms with E-state index in [1.807, 2.05) is 19.1 Å². The van der Waals surface area contributed by atoms with Crippen LogP contribution in [0, 0.1) is 0 Å². The lowest BCUT2D eigenvalue weighted by Gasteiger charge is -2.25. The van der Waals surface area contributed by atoms with Crippen molar-refractivity contribution in [3.8, 4) is 5.75 Å². The number of guanidine groups is 1. The number of benzene rings is 1. The van der Waals surface area contributed by atoms with Crippen LogP contribution in [0.2, 0.25) is 0 Å². The van der Waals surface area contributed by atoms with Crippen LogP contribution in [0.5, 0.6) is 5.75 Å². The van der Waals surface area contributed by atoms with Gasteiger partial charge in [0.1, 0.15) is 11.5 Å². The van der Waals surface area contributed by atoms with Gasteiger partial charge in [0.25, 0.3) is 0 Å². The van der Waals surface area contributed by atoms with Gasteiger partial charge in [0.15, 0.2) is 5.96 Å². The van der Waals surface area contributed by atoms with Crippen molar-refractivity contribution in [1.82, 2.24) is 15.5 Å². The van der Waals surface area contributed by atoms with E-state index in [9.17, 15) is 13.9 Å². The summed E-state index contributed by atoms with van der Waals surface area (Å²) in [6, 6.07) is 9.88. The molecule has 1 saturated heterocycles. The second kappa shape index (κ2) is 11.7. The van der Waals surface area contributed by atoms with Gasteiger partial charge < -0.3 is 24.9 Å². The van der Waals surface area contributed by atoms with E-state index in [0.717, 1.165) is 18.8 Å². The Morgan fingerprint density at radius 1 is 1.19 bits per heavy atom. The molecule has 1 aromatic carbocycles. The summed E-state index contributed by atoms with van der Waals surface area (Å²) in [5.74, 6) is 1.54. The molecule has 2 aromatic rings. The Balaban J connectivity index is 1.59. The molecule has 2 unspecified atom stereocenters. The molecule has 2 atom stereocenters. The Morgan fingerprint density at radius 3 is 2.55 bits per heavy atom. The predicted octanol–water partition coefficient (Wildman–Crippen LogP) is 3.31. The molecule has 3 N–H and O–H groups in total. The van der Waals surface area contributed by atoms with Gasteiger partial charge >= 0.3 is 6.61 Å². The first-order chi connectivity index (χ1) is 15.1. The molecule has 1 fully saturated rings. The highest BCUT2D eigenvalue weighted by Crippen LogP contribution is 2.26. The smallest absolute Gasteiger partial charge is 0.387 e. The highest BCUT2D eigenvalue weighted by molar-refractivity contribution is 5.79. The van der Waals surface area contributed by atoms with Crippen LogP contribution in [0.3, 0.4) is 0 Å². The molecule has 170 valence electrons. The fourth-order valence-electron chi connectivity index (χ4n) is 3.62. The van der Waals surface area contributed by atoms with E-state index < -0.39 is 12.7 Å². The van der Waals surface area contributed by atoms with Crippen LogP contribution in [0.15, 0.2) is 52.1 Å². The summed E-state index contributed by atoms with van der Waals surface area (Å²) in [4.78, 5) is 7.08. The van der Waals surface area contributed by atoms with Crippen molar-refractivity contribution in [1.29, 1.82) is 0 Å². The Kier molecular flexibility index (Phi) is 8.66. The zero-order chi connectivity index (χ0) is 22.1. The number of ether oxygens (including phenoxy) is 1. The molecule has 0 radical (unpaired) electrons. The van der Waals surface area contributed by atoms with Crippen LogP contribution < -0.4 is 15.4 Å². The van der Waals surface area contributed by atoms with Gasteiger partial charge in [0.05, 0.1) is 25.0 Å². The Bertz CT molecular complexity index is 794. The first-order valence-electron chi connectivity index (χ1n) is 10.6. The van der Waals surface area contributed by atoms with Crippen molar-refractivity contribution in [2.24, 2.45) is 4.99 Å². The van der Waals surface area contributed by atoms with Crippen LogP contribution in [0.25, 0.3) is 0 Å². The third kappa shape index (κ3) is 6.93. The molecular weight excluding hydrogens is 406 g/mol. The largest absolute Gasteiger partial charge is 0.468 e. The maximum Gasteiger partial charge on any atom is 0.387 e. The normalized spacial score (nSPS) is 17.0. The van der Waals surface area contributed by atoms with Crippen molar-refractivity contribution in [2.45, 2.75) is 38.5 Å². The molecule has 9 heteroatoms. The molecule has 2 heterocycles. The lowest BCUT2D eigenvalue weighted by atomic mass is 10.1. The number of rotatable bonds is 10. The van der Waals surface area contributed by atoms with Crippen LogP contribution in [0.1, 0.15) is 43.2 Å². The molecule has 31 heavy (non-hydrogen) atoms. The number of aliphatic hydroxyl groups excluding tert-OH is 1. The van der Waals surface area contributed by atoms with E-state index in [1.165, 1.54) is 25.0 Å². The lowest BCUT2D eigenvalue weighted by molar-refractivity contribution is -0.0498. The number of aliphatic imine (C=N–C) groups is 1. The number of aliphatic hydroxyl groups is 1. The first-order valence-corrected chi connectivity index (χ1v) is 10.6. The van der Waals surface area contributed by atoms with Crippen LogP contribution in [-0.2, 0) is 0 Å². The molecule has 0 amide bonds. The number of hydrogen-bond donors (Lipinski definition) is 3. The number of halogens is 2. The Labute approximate surface area is 181 Å². The minimum absolute atomic E-state index is 0.0553. The zero-order valence-corrected chi connectivity index (χ0v) is 17.6. The van der Waals surface area contributed by atoms with E-state index in [0.29, 0.717) is 24.6 Å². The van der Waals surface area contributed by atoms with Gasteiger partial charge in [-0.3, -0.25) is 9.89 Å². The molecule has 0 saturated carbocycles. The number of hydrogen-bond acceptors (Lipinski definition) is 5. The quantitative estimate of drug-likeness (QED) is 0.392. The topological polar surface area (TPSA) is 82.3 Å². The molecule has 0 bridgehead atoms. The second-order valence-electron chi connectivity index (χ2n) is 7.34. The summed E-state index contributed by atoms with van der Waals surface area (Å²) < 4.78 is 34.5. The van der Waals surface area contributed by atoms with Gasteiger partial charge in [-0.2, -0.15) is 8.78 Å². The molecule has 7 nitrogen and oxygen atoms in total. The van der Waals surface area contributed by atoms with Gasteiger partial charge in [-0.25, -0.2) is 0 Å². The number of nitrogens with one attached hydrogen (secondary N) is 2. The summed E-state index contributed by atoms with van der Waals surface area (Å²) >= 11 is 0. The van der Waals surface area contributed by atoms with Crippen molar-refractivity contribution < 1.29 is 23.0 Å². The summed E-state index contributed by atoms with van der Waals surface area (Å²) in [5.41, 5.74) is 0.593. The molecule has 1 aliphatic heterocycles. The Morgan fingerprint density at radius 2 is 1.94 bits per heavy atom. The minimum Gasteiger partial charge on any atom is -0.468 e. The van der Waals surface area contributed by atoms with Crippen LogP contribution in [0.4, 0.5) is 8.78 Å². The monoisotopic (exact) mass is 436 g/mol. The molecule has 0 spiro atoms. The summed E-state index contributed by atoms with van der Waals surface area (Å²) in [6.07, 6.45) is 3.20. The van der Waals surface area contributed by atoms with Crippen molar-refractivity contribution >= 4 is 5.96 Å². The summed E-state index contributed by atoms with van der Waals surface area (Å²) in [6.45, 7) is 2.57. The molecular formula is C22H30F2N4O3. The van der Waals surface area contributed by atoms with Gasteiger partial charge in [0, 0.05) is 13.1 Å². The van der Waals surface area contributed by atoms with Crippen molar-refractivity contribution in [2.75, 3.05) is 32.7 Å². The highest BCUT2D eigenvalue weighted by Gasteiger charge is 2.25. The third-order valence-electron chi connectivity index (χ3n) is 5.17. The molecule has 1 aliphatic rings. The number of furan rings is 1. The first kappa shape index (κ1) is 23.0. The van der Waals surface area contributed by atoms with Gasteiger partial charge in [-0.15, -0.1) is 0 Å². The lowest BCUT2D eigenvalue weighted by Crippen LogP contribution is -2.40. The highest BCUT2D eigenvalue weighted by atomic mass is 19.3. The van der Waals surface area contributed by atoms with Gasteiger partial charge in [-0.05, 0) is 62.7 Å². The predicted molar refractivity (Wildman–Crippen MR) is 114 cm³/mol. The number of nitrogens with zero attached hydrogens (tertiary/aromatic N) is 2. The van der Waals surface area contributed by atoms with Crippen molar-refractivity contribution in [3.63, 3.8) is 0 Å². The van der Waals surface area contributed by atoms with Crippen LogP contribution >= 0.6 is 0 Å². The fourth-order valence-corrected chi connectivity index (χ4v) is 3.62. The SMILES string of the molecule is CCNC(=NCC(c1ccco1)N1CCCC1)NCC(O)c1ccc(OC(F)F)cc1. The fraction of sp³-hybridized carbons (Fsp3) is 0.500. The van der Waals surface area contributed by atoms with E-state index in [4.69, 9.17) is 9.41 Å². The standard InChI is InChI=1S/C22H30F2N4O3/c1-2-25-22(26-14-18(20-6-5-13-30-20)28-11-3-4-12-28)27-15-19(29)16-7-9-17(10-8-16)31-21(23)24/h5-10,13,18-19,21,29H,2-4,11-12,14-15H2,1H3,(H2,25,26,27). The average Bonchev–Trinajstić information content (AvgIpc) is 3.47. The molecule has 0 aliphatic carbocycles.